The van der Waals surface area contributed by atoms with Crippen LogP contribution >= 0.6 is 12.2 Å². The van der Waals surface area contributed by atoms with Gasteiger partial charge in [-0.25, -0.2) is 0 Å². The van der Waals surface area contributed by atoms with Crippen molar-refractivity contribution in [1.29, 1.82) is 0 Å². The molecule has 0 spiro atoms. The van der Waals surface area contributed by atoms with Crippen LogP contribution in [0.1, 0.15) is 16.7 Å². The van der Waals surface area contributed by atoms with E-state index >= 15 is 0 Å². The Kier molecular flexibility index (Phi) is 4.91. The fourth-order valence-corrected chi connectivity index (χ4v) is 2.64. The largest absolute Gasteiger partial charge is 0.332 e. The lowest BCUT2D eigenvalue weighted by atomic mass is 10.1. The minimum atomic E-state index is 0.536. The van der Waals surface area contributed by atoms with E-state index in [1.54, 1.807) is 0 Å². The summed E-state index contributed by atoms with van der Waals surface area (Å²) in [6.07, 6.45) is 1.94. The summed E-state index contributed by atoms with van der Waals surface area (Å²) in [6, 6.07) is 18.4. The van der Waals surface area contributed by atoms with Gasteiger partial charge >= 0.3 is 0 Å². The highest BCUT2D eigenvalue weighted by molar-refractivity contribution is 7.80. The van der Waals surface area contributed by atoms with Gasteiger partial charge < -0.3 is 10.6 Å². The number of aryl methyl sites for hydroxylation is 2. The zero-order valence-electron chi connectivity index (χ0n) is 13.8. The monoisotopic (exact) mass is 336 g/mol. The van der Waals surface area contributed by atoms with Crippen LogP contribution < -0.4 is 10.6 Å². The van der Waals surface area contributed by atoms with Gasteiger partial charge in [0.2, 0.25) is 0 Å². The van der Waals surface area contributed by atoms with Crippen molar-refractivity contribution in [2.75, 3.05) is 10.6 Å². The average Bonchev–Trinajstić information content (AvgIpc) is 2.98. The van der Waals surface area contributed by atoms with E-state index in [0.717, 1.165) is 23.6 Å². The van der Waals surface area contributed by atoms with Crippen LogP contribution in [0.15, 0.2) is 60.8 Å². The number of nitrogens with zero attached hydrogens (tertiary/aromatic N) is 2. The molecule has 0 fully saturated rings. The first kappa shape index (κ1) is 16.2. The lowest BCUT2D eigenvalue weighted by Crippen LogP contribution is -2.20. The van der Waals surface area contributed by atoms with Gasteiger partial charge in [0.05, 0.1) is 6.54 Å². The maximum Gasteiger partial charge on any atom is 0.176 e. The summed E-state index contributed by atoms with van der Waals surface area (Å²) in [6.45, 7) is 4.85. The van der Waals surface area contributed by atoms with Crippen LogP contribution in [0.25, 0.3) is 0 Å². The highest BCUT2D eigenvalue weighted by atomic mass is 32.1. The fraction of sp³-hybridized carbons (Fsp3) is 0.158. The van der Waals surface area contributed by atoms with Crippen molar-refractivity contribution in [1.82, 2.24) is 9.78 Å². The Hall–Kier alpha value is -2.66. The first-order valence-corrected chi connectivity index (χ1v) is 8.23. The van der Waals surface area contributed by atoms with Crippen LogP contribution in [-0.4, -0.2) is 14.9 Å². The van der Waals surface area contributed by atoms with E-state index < -0.39 is 0 Å². The Morgan fingerprint density at radius 2 is 1.83 bits per heavy atom. The predicted octanol–water partition coefficient (Wildman–Crippen LogP) is 4.36. The summed E-state index contributed by atoms with van der Waals surface area (Å²) in [7, 11) is 0. The maximum atomic E-state index is 5.39. The second-order valence-corrected chi connectivity index (χ2v) is 6.19. The van der Waals surface area contributed by atoms with Crippen molar-refractivity contribution in [2.24, 2.45) is 0 Å². The third-order valence-corrected chi connectivity index (χ3v) is 3.92. The normalized spacial score (nSPS) is 10.4. The molecular weight excluding hydrogens is 316 g/mol. The Bertz CT molecular complexity index is 840. The van der Waals surface area contributed by atoms with E-state index in [9.17, 15) is 0 Å². The number of hydrogen-bond acceptors (Lipinski definition) is 2. The molecule has 3 aromatic rings. The number of benzene rings is 2. The minimum absolute atomic E-state index is 0.536. The number of rotatable bonds is 4. The van der Waals surface area contributed by atoms with E-state index in [2.05, 4.69) is 59.9 Å². The van der Waals surface area contributed by atoms with Gasteiger partial charge in [-0.2, -0.15) is 5.10 Å². The van der Waals surface area contributed by atoms with E-state index in [4.69, 9.17) is 12.2 Å². The molecule has 24 heavy (non-hydrogen) atoms. The lowest BCUT2D eigenvalue weighted by molar-refractivity contribution is 0.690. The fourth-order valence-electron chi connectivity index (χ4n) is 2.43. The molecule has 0 radical (unpaired) electrons. The Morgan fingerprint density at radius 3 is 2.62 bits per heavy atom. The van der Waals surface area contributed by atoms with Crippen LogP contribution in [0.3, 0.4) is 0 Å². The molecule has 122 valence electrons. The van der Waals surface area contributed by atoms with Gasteiger partial charge in [-0.05, 0) is 48.8 Å². The Labute approximate surface area is 147 Å². The molecule has 0 aliphatic rings. The van der Waals surface area contributed by atoms with Crippen LogP contribution in [0.5, 0.6) is 0 Å². The smallest absolute Gasteiger partial charge is 0.176 e. The second kappa shape index (κ2) is 7.27. The van der Waals surface area contributed by atoms with E-state index in [1.165, 1.54) is 11.1 Å². The third kappa shape index (κ3) is 4.20. The standard InChI is InChI=1S/C19H20N4S/c1-14-8-9-15(2)17(12-14)20-19(24)21-18-10-11-23(22-18)13-16-6-4-3-5-7-16/h3-12H,13H2,1-2H3,(H2,20,21,22,24). The zero-order chi connectivity index (χ0) is 16.9. The molecular formula is C19H20N4S. The SMILES string of the molecule is Cc1ccc(C)c(NC(=S)Nc2ccn(Cc3ccccc3)n2)c1. The lowest BCUT2D eigenvalue weighted by Gasteiger charge is -2.11. The summed E-state index contributed by atoms with van der Waals surface area (Å²) < 4.78 is 1.89. The average molecular weight is 336 g/mol. The number of aromatic nitrogens is 2. The predicted molar refractivity (Wildman–Crippen MR) is 104 cm³/mol. The number of anilines is 2. The summed E-state index contributed by atoms with van der Waals surface area (Å²) >= 11 is 5.39. The number of nitrogens with one attached hydrogen (secondary N) is 2. The molecule has 5 heteroatoms. The second-order valence-electron chi connectivity index (χ2n) is 5.78. The Balaban J connectivity index is 1.62. The molecule has 4 nitrogen and oxygen atoms in total. The van der Waals surface area contributed by atoms with E-state index in [0.29, 0.717) is 5.11 Å². The molecule has 0 aliphatic heterocycles. The van der Waals surface area contributed by atoms with Crippen molar-refractivity contribution in [3.63, 3.8) is 0 Å². The van der Waals surface area contributed by atoms with Gasteiger partial charge in [0.25, 0.3) is 0 Å². The summed E-state index contributed by atoms with van der Waals surface area (Å²) in [5, 5.41) is 11.4. The molecule has 0 saturated heterocycles. The molecule has 0 atom stereocenters. The molecule has 2 aromatic carbocycles. The van der Waals surface area contributed by atoms with Gasteiger partial charge in [-0.1, -0.05) is 42.5 Å². The third-order valence-electron chi connectivity index (χ3n) is 3.71. The molecule has 0 aliphatic carbocycles. The Morgan fingerprint density at radius 1 is 1.04 bits per heavy atom. The first-order chi connectivity index (χ1) is 11.6. The molecule has 3 rings (SSSR count). The highest BCUT2D eigenvalue weighted by Gasteiger charge is 2.05. The van der Waals surface area contributed by atoms with E-state index in [1.807, 2.05) is 35.1 Å². The van der Waals surface area contributed by atoms with Crippen LogP contribution in [0.4, 0.5) is 11.5 Å². The minimum Gasteiger partial charge on any atom is -0.332 e. The summed E-state index contributed by atoms with van der Waals surface area (Å²) in [5.41, 5.74) is 4.57. The zero-order valence-corrected chi connectivity index (χ0v) is 14.6. The number of hydrogen-bond donors (Lipinski definition) is 2. The first-order valence-electron chi connectivity index (χ1n) is 7.83. The van der Waals surface area contributed by atoms with Crippen molar-refractivity contribution in [3.8, 4) is 0 Å². The van der Waals surface area contributed by atoms with Gasteiger partial charge in [0.1, 0.15) is 0 Å². The quantitative estimate of drug-likeness (QED) is 0.695. The molecule has 2 N–H and O–H groups in total. The van der Waals surface area contributed by atoms with Crippen LogP contribution in [-0.2, 0) is 6.54 Å². The molecule has 1 aromatic heterocycles. The molecule has 0 saturated carbocycles. The topological polar surface area (TPSA) is 41.9 Å². The molecule has 0 amide bonds. The molecule has 1 heterocycles. The van der Waals surface area contributed by atoms with E-state index in [-0.39, 0.29) is 0 Å². The van der Waals surface area contributed by atoms with Crippen molar-refractivity contribution >= 4 is 28.8 Å². The maximum absolute atomic E-state index is 5.39. The summed E-state index contributed by atoms with van der Waals surface area (Å²) in [5.74, 6) is 0.730. The van der Waals surface area contributed by atoms with Gasteiger partial charge in [-0.3, -0.25) is 4.68 Å². The van der Waals surface area contributed by atoms with Crippen molar-refractivity contribution < 1.29 is 0 Å². The van der Waals surface area contributed by atoms with Gasteiger partial charge in [0, 0.05) is 18.0 Å². The van der Waals surface area contributed by atoms with Gasteiger partial charge in [-0.15, -0.1) is 0 Å². The highest BCUT2D eigenvalue weighted by Crippen LogP contribution is 2.17. The van der Waals surface area contributed by atoms with Crippen LogP contribution in [0, 0.1) is 13.8 Å². The van der Waals surface area contributed by atoms with Crippen LogP contribution in [0.2, 0.25) is 0 Å². The van der Waals surface area contributed by atoms with Crippen molar-refractivity contribution in [3.05, 3.63) is 77.5 Å². The molecule has 0 bridgehead atoms. The summed E-state index contributed by atoms with van der Waals surface area (Å²) in [4.78, 5) is 0. The number of thiocarbonyl (C=S) groups is 1. The van der Waals surface area contributed by atoms with Gasteiger partial charge in [0.15, 0.2) is 10.9 Å². The van der Waals surface area contributed by atoms with Crippen molar-refractivity contribution in [2.45, 2.75) is 20.4 Å². The molecule has 0 unspecified atom stereocenters.